The van der Waals surface area contributed by atoms with Gasteiger partial charge in [0.2, 0.25) is 10.0 Å². The van der Waals surface area contributed by atoms with Gasteiger partial charge in [0.1, 0.15) is 0 Å². The molecule has 1 fully saturated rings. The van der Waals surface area contributed by atoms with E-state index in [1.807, 2.05) is 14.0 Å². The van der Waals surface area contributed by atoms with E-state index in [9.17, 15) is 8.42 Å². The summed E-state index contributed by atoms with van der Waals surface area (Å²) in [7, 11) is -1.48. The number of rotatable bonds is 5. The zero-order valence-electron chi connectivity index (χ0n) is 12.6. The molecule has 0 aliphatic carbocycles. The van der Waals surface area contributed by atoms with Gasteiger partial charge in [-0.25, -0.2) is 8.42 Å². The number of piperidine rings is 1. The number of halogens is 1. The van der Waals surface area contributed by atoms with E-state index in [0.29, 0.717) is 28.9 Å². The number of benzene rings is 1. The summed E-state index contributed by atoms with van der Waals surface area (Å²) in [5.41, 5.74) is 0.747. The second-order valence-electron chi connectivity index (χ2n) is 5.65. The molecule has 1 N–H and O–H groups in total. The predicted octanol–water partition coefficient (Wildman–Crippen LogP) is 2.66. The van der Waals surface area contributed by atoms with Crippen LogP contribution >= 0.6 is 11.6 Å². The van der Waals surface area contributed by atoms with Crippen molar-refractivity contribution in [1.29, 1.82) is 0 Å². The summed E-state index contributed by atoms with van der Waals surface area (Å²) in [4.78, 5) is 0.337. The average Bonchev–Trinajstić information content (AvgIpc) is 2.48. The third-order valence-electron chi connectivity index (χ3n) is 4.14. The van der Waals surface area contributed by atoms with Crippen LogP contribution in [0.4, 0.5) is 0 Å². The molecule has 1 aliphatic heterocycles. The van der Waals surface area contributed by atoms with Gasteiger partial charge < -0.3 is 5.32 Å². The lowest BCUT2D eigenvalue weighted by Gasteiger charge is -2.31. The first-order chi connectivity index (χ1) is 9.95. The molecule has 1 heterocycles. The maximum Gasteiger partial charge on any atom is 0.243 e. The number of hydrogen-bond acceptors (Lipinski definition) is 3. The molecular formula is C15H23ClN2O2S. The number of nitrogens with one attached hydrogen (secondary N) is 1. The minimum absolute atomic E-state index is 0.337. The fourth-order valence-electron chi connectivity index (χ4n) is 2.78. The Balaban J connectivity index is 2.10. The summed E-state index contributed by atoms with van der Waals surface area (Å²) < 4.78 is 27.1. The van der Waals surface area contributed by atoms with Crippen molar-refractivity contribution in [3.63, 3.8) is 0 Å². The van der Waals surface area contributed by atoms with E-state index in [1.54, 1.807) is 22.5 Å². The lowest BCUT2D eigenvalue weighted by atomic mass is 9.95. The summed E-state index contributed by atoms with van der Waals surface area (Å²) in [6.07, 6.45) is 2.97. The third-order valence-corrected chi connectivity index (χ3v) is 6.42. The first kappa shape index (κ1) is 16.7. The molecule has 4 nitrogen and oxygen atoms in total. The molecule has 0 radical (unpaired) electrons. The molecule has 1 aromatic rings. The second-order valence-corrected chi connectivity index (χ2v) is 7.99. The Labute approximate surface area is 132 Å². The van der Waals surface area contributed by atoms with Crippen LogP contribution in [0.3, 0.4) is 0 Å². The van der Waals surface area contributed by atoms with Gasteiger partial charge in [0.15, 0.2) is 0 Å². The monoisotopic (exact) mass is 330 g/mol. The van der Waals surface area contributed by atoms with Gasteiger partial charge in [0.05, 0.1) is 4.90 Å². The zero-order valence-corrected chi connectivity index (χ0v) is 14.2. The summed E-state index contributed by atoms with van der Waals surface area (Å²) in [5.74, 6) is 0.615. The van der Waals surface area contributed by atoms with Crippen molar-refractivity contribution in [2.75, 3.05) is 26.7 Å². The van der Waals surface area contributed by atoms with Crippen LogP contribution in [0.25, 0.3) is 0 Å². The van der Waals surface area contributed by atoms with Crippen LogP contribution in [0.1, 0.15) is 24.8 Å². The number of aryl methyl sites for hydroxylation is 1. The van der Waals surface area contributed by atoms with Crippen LogP contribution in [0.15, 0.2) is 23.1 Å². The van der Waals surface area contributed by atoms with Crippen LogP contribution in [-0.4, -0.2) is 39.4 Å². The van der Waals surface area contributed by atoms with Gasteiger partial charge >= 0.3 is 0 Å². The molecule has 118 valence electrons. The topological polar surface area (TPSA) is 49.4 Å². The fraction of sp³-hybridized carbons (Fsp3) is 0.600. The van der Waals surface area contributed by atoms with E-state index in [1.165, 1.54) is 0 Å². The van der Waals surface area contributed by atoms with Gasteiger partial charge in [-0.3, -0.25) is 0 Å². The van der Waals surface area contributed by atoms with E-state index >= 15 is 0 Å². The van der Waals surface area contributed by atoms with Gasteiger partial charge in [-0.2, -0.15) is 4.31 Å². The zero-order chi connectivity index (χ0) is 15.5. The van der Waals surface area contributed by atoms with Crippen molar-refractivity contribution in [2.24, 2.45) is 5.92 Å². The molecule has 1 aliphatic rings. The Bertz CT molecular complexity index is 581. The molecule has 0 bridgehead atoms. The molecule has 1 saturated heterocycles. The van der Waals surface area contributed by atoms with Gasteiger partial charge in [0, 0.05) is 18.1 Å². The highest BCUT2D eigenvalue weighted by Gasteiger charge is 2.30. The first-order valence-electron chi connectivity index (χ1n) is 7.36. The SMILES string of the molecule is CNCCC1CCN(S(=O)(=O)c2cc(Cl)ccc2C)CC1. The molecule has 0 saturated carbocycles. The molecule has 0 atom stereocenters. The van der Waals surface area contributed by atoms with Gasteiger partial charge in [-0.05, 0) is 63.4 Å². The second kappa shape index (κ2) is 7.09. The van der Waals surface area contributed by atoms with Crippen LogP contribution in [0.2, 0.25) is 5.02 Å². The van der Waals surface area contributed by atoms with Crippen molar-refractivity contribution < 1.29 is 8.42 Å². The highest BCUT2D eigenvalue weighted by molar-refractivity contribution is 7.89. The Kier molecular flexibility index (Phi) is 5.66. The molecule has 2 rings (SSSR count). The Morgan fingerprint density at radius 1 is 1.33 bits per heavy atom. The lowest BCUT2D eigenvalue weighted by molar-refractivity contribution is 0.263. The van der Waals surface area contributed by atoms with E-state index in [4.69, 9.17) is 11.6 Å². The number of sulfonamides is 1. The van der Waals surface area contributed by atoms with E-state index in [0.717, 1.165) is 31.4 Å². The average molecular weight is 331 g/mol. The van der Waals surface area contributed by atoms with Crippen molar-refractivity contribution in [1.82, 2.24) is 9.62 Å². The van der Waals surface area contributed by atoms with E-state index in [-0.39, 0.29) is 0 Å². The minimum atomic E-state index is -3.43. The molecule has 21 heavy (non-hydrogen) atoms. The van der Waals surface area contributed by atoms with Crippen LogP contribution < -0.4 is 5.32 Å². The Morgan fingerprint density at radius 3 is 2.62 bits per heavy atom. The highest BCUT2D eigenvalue weighted by Crippen LogP contribution is 2.28. The van der Waals surface area contributed by atoms with Gasteiger partial charge in [0.25, 0.3) is 0 Å². The first-order valence-corrected chi connectivity index (χ1v) is 9.18. The standard InChI is InChI=1S/C15H23ClN2O2S/c1-12-3-4-14(16)11-15(12)21(19,20)18-9-6-13(7-10-18)5-8-17-2/h3-4,11,13,17H,5-10H2,1-2H3. The van der Waals surface area contributed by atoms with Crippen LogP contribution in [0, 0.1) is 12.8 Å². The maximum absolute atomic E-state index is 12.7. The maximum atomic E-state index is 12.7. The predicted molar refractivity (Wildman–Crippen MR) is 86.2 cm³/mol. The molecular weight excluding hydrogens is 308 g/mol. The fourth-order valence-corrected chi connectivity index (χ4v) is 4.74. The molecule has 0 spiro atoms. The number of hydrogen-bond donors (Lipinski definition) is 1. The Morgan fingerprint density at radius 2 is 2.00 bits per heavy atom. The van der Waals surface area contributed by atoms with Crippen molar-refractivity contribution >= 4 is 21.6 Å². The van der Waals surface area contributed by atoms with Crippen LogP contribution in [0.5, 0.6) is 0 Å². The van der Waals surface area contributed by atoms with Crippen LogP contribution in [-0.2, 0) is 10.0 Å². The van der Waals surface area contributed by atoms with Crippen molar-refractivity contribution in [3.05, 3.63) is 28.8 Å². The smallest absolute Gasteiger partial charge is 0.243 e. The lowest BCUT2D eigenvalue weighted by Crippen LogP contribution is -2.39. The summed E-state index contributed by atoms with van der Waals surface area (Å²) in [6.45, 7) is 4.00. The summed E-state index contributed by atoms with van der Waals surface area (Å²) >= 11 is 5.95. The molecule has 0 aromatic heterocycles. The summed E-state index contributed by atoms with van der Waals surface area (Å²) in [6, 6.07) is 5.04. The molecule has 6 heteroatoms. The van der Waals surface area contributed by atoms with Gasteiger partial charge in [-0.1, -0.05) is 17.7 Å². The third kappa shape index (κ3) is 3.97. The largest absolute Gasteiger partial charge is 0.320 e. The van der Waals surface area contributed by atoms with Crippen molar-refractivity contribution in [3.8, 4) is 0 Å². The molecule has 0 unspecified atom stereocenters. The van der Waals surface area contributed by atoms with Gasteiger partial charge in [-0.15, -0.1) is 0 Å². The number of nitrogens with zero attached hydrogens (tertiary/aromatic N) is 1. The molecule has 1 aromatic carbocycles. The normalized spacial score (nSPS) is 18.0. The quantitative estimate of drug-likeness (QED) is 0.903. The van der Waals surface area contributed by atoms with E-state index < -0.39 is 10.0 Å². The Hall–Kier alpha value is -0.620. The summed E-state index contributed by atoms with van der Waals surface area (Å²) in [5, 5.41) is 3.61. The van der Waals surface area contributed by atoms with E-state index in [2.05, 4.69) is 5.32 Å². The van der Waals surface area contributed by atoms with Crippen molar-refractivity contribution in [2.45, 2.75) is 31.1 Å². The highest BCUT2D eigenvalue weighted by atomic mass is 35.5. The minimum Gasteiger partial charge on any atom is -0.320 e. The molecule has 0 amide bonds.